The monoisotopic (exact) mass is 295 g/mol. The molecule has 1 unspecified atom stereocenters. The van der Waals surface area contributed by atoms with Gasteiger partial charge in [-0.05, 0) is 44.0 Å². The third-order valence-electron chi connectivity index (χ3n) is 3.86. The molecular formula is C15H18FNO4. The van der Waals surface area contributed by atoms with E-state index in [1.54, 1.807) is 6.92 Å². The number of halogens is 1. The molecule has 2 N–H and O–H groups in total. The van der Waals surface area contributed by atoms with E-state index in [0.717, 1.165) is 6.42 Å². The summed E-state index contributed by atoms with van der Waals surface area (Å²) >= 11 is 0. The third kappa shape index (κ3) is 3.51. The van der Waals surface area contributed by atoms with Crippen LogP contribution in [0.2, 0.25) is 0 Å². The molecule has 5 nitrogen and oxygen atoms in total. The largest absolute Gasteiger partial charge is 0.481 e. The standard InChI is InChI=1S/C15H18FNO4/c1-10(21-12-5-3-11(16)4-6-12)13(18)17-9-15(14(19)20)7-2-8-15/h3-6,10H,2,7-9H2,1H3,(H,17,18)(H,19,20). The first-order valence-corrected chi connectivity index (χ1v) is 6.86. The summed E-state index contributed by atoms with van der Waals surface area (Å²) in [6.07, 6.45) is 1.25. The van der Waals surface area contributed by atoms with Gasteiger partial charge in [0.2, 0.25) is 0 Å². The topological polar surface area (TPSA) is 75.6 Å². The van der Waals surface area contributed by atoms with E-state index in [1.807, 2.05) is 0 Å². The van der Waals surface area contributed by atoms with Crippen LogP contribution in [0.1, 0.15) is 26.2 Å². The molecule has 0 saturated heterocycles. The number of carboxylic acids is 1. The highest BCUT2D eigenvalue weighted by Gasteiger charge is 2.44. The number of nitrogens with one attached hydrogen (secondary N) is 1. The number of amides is 1. The summed E-state index contributed by atoms with van der Waals surface area (Å²) in [6, 6.07) is 5.36. The fourth-order valence-electron chi connectivity index (χ4n) is 2.24. The highest BCUT2D eigenvalue weighted by atomic mass is 19.1. The van der Waals surface area contributed by atoms with E-state index < -0.39 is 17.5 Å². The number of hydrogen-bond acceptors (Lipinski definition) is 3. The molecule has 0 radical (unpaired) electrons. The van der Waals surface area contributed by atoms with Crippen molar-refractivity contribution in [3.8, 4) is 5.75 Å². The molecule has 21 heavy (non-hydrogen) atoms. The van der Waals surface area contributed by atoms with Gasteiger partial charge in [0.1, 0.15) is 11.6 Å². The number of aliphatic carboxylic acids is 1. The van der Waals surface area contributed by atoms with Crippen molar-refractivity contribution in [3.63, 3.8) is 0 Å². The first kappa shape index (κ1) is 15.3. The third-order valence-corrected chi connectivity index (χ3v) is 3.86. The van der Waals surface area contributed by atoms with Crippen molar-refractivity contribution >= 4 is 11.9 Å². The summed E-state index contributed by atoms with van der Waals surface area (Å²) < 4.78 is 18.1. The van der Waals surface area contributed by atoms with Crippen molar-refractivity contribution in [2.45, 2.75) is 32.3 Å². The first-order chi connectivity index (χ1) is 9.93. The minimum Gasteiger partial charge on any atom is -0.481 e. The second kappa shape index (κ2) is 6.11. The molecule has 6 heteroatoms. The molecule has 1 fully saturated rings. The van der Waals surface area contributed by atoms with E-state index in [1.165, 1.54) is 24.3 Å². The van der Waals surface area contributed by atoms with Crippen LogP contribution < -0.4 is 10.1 Å². The van der Waals surface area contributed by atoms with E-state index >= 15 is 0 Å². The van der Waals surface area contributed by atoms with Crippen molar-refractivity contribution in [3.05, 3.63) is 30.1 Å². The number of rotatable bonds is 6. The van der Waals surface area contributed by atoms with Crippen LogP contribution in [0.5, 0.6) is 5.75 Å². The summed E-state index contributed by atoms with van der Waals surface area (Å²) in [5, 5.41) is 11.8. The summed E-state index contributed by atoms with van der Waals surface area (Å²) in [5.74, 6) is -1.25. The maximum absolute atomic E-state index is 12.8. The van der Waals surface area contributed by atoms with Gasteiger partial charge >= 0.3 is 5.97 Å². The molecule has 0 aromatic heterocycles. The van der Waals surface area contributed by atoms with Gasteiger partial charge in [-0.15, -0.1) is 0 Å². The summed E-state index contributed by atoms with van der Waals surface area (Å²) in [6.45, 7) is 1.67. The molecule has 1 saturated carbocycles. The average molecular weight is 295 g/mol. The maximum Gasteiger partial charge on any atom is 0.311 e. The van der Waals surface area contributed by atoms with Crippen LogP contribution >= 0.6 is 0 Å². The molecule has 0 spiro atoms. The molecule has 0 heterocycles. The Morgan fingerprint density at radius 2 is 2.00 bits per heavy atom. The minimum atomic E-state index is -0.874. The molecule has 0 aliphatic heterocycles. The molecule has 2 rings (SSSR count). The fraction of sp³-hybridized carbons (Fsp3) is 0.467. The van der Waals surface area contributed by atoms with Gasteiger partial charge in [0.15, 0.2) is 6.10 Å². The van der Waals surface area contributed by atoms with Gasteiger partial charge in [0, 0.05) is 6.54 Å². The van der Waals surface area contributed by atoms with Crippen LogP contribution in [-0.2, 0) is 9.59 Å². The SMILES string of the molecule is CC(Oc1ccc(F)cc1)C(=O)NCC1(C(=O)O)CCC1. The number of benzene rings is 1. The van der Waals surface area contributed by atoms with Crippen LogP contribution in [0.3, 0.4) is 0 Å². The number of carbonyl (C=O) groups is 2. The second-order valence-corrected chi connectivity index (χ2v) is 5.37. The molecule has 1 aromatic carbocycles. The molecule has 114 valence electrons. The normalized spacial score (nSPS) is 17.4. The van der Waals surface area contributed by atoms with E-state index in [0.29, 0.717) is 18.6 Å². The zero-order valence-electron chi connectivity index (χ0n) is 11.8. The fourth-order valence-corrected chi connectivity index (χ4v) is 2.24. The van der Waals surface area contributed by atoms with Gasteiger partial charge in [-0.25, -0.2) is 4.39 Å². The van der Waals surface area contributed by atoms with E-state index in [2.05, 4.69) is 5.32 Å². The van der Waals surface area contributed by atoms with Crippen molar-refractivity contribution in [1.82, 2.24) is 5.32 Å². The average Bonchev–Trinajstić information content (AvgIpc) is 2.39. The highest BCUT2D eigenvalue weighted by Crippen LogP contribution is 2.40. The van der Waals surface area contributed by atoms with Crippen LogP contribution in [0.4, 0.5) is 4.39 Å². The lowest BCUT2D eigenvalue weighted by Gasteiger charge is -2.37. The van der Waals surface area contributed by atoms with Crippen molar-refractivity contribution in [1.29, 1.82) is 0 Å². The maximum atomic E-state index is 12.8. The molecule has 1 aliphatic rings. The molecule has 1 aromatic rings. The van der Waals surface area contributed by atoms with Gasteiger partial charge in [0.05, 0.1) is 5.41 Å². The molecule has 0 bridgehead atoms. The Morgan fingerprint density at radius 3 is 2.48 bits per heavy atom. The van der Waals surface area contributed by atoms with Crippen molar-refractivity contribution < 1.29 is 23.8 Å². The van der Waals surface area contributed by atoms with Crippen LogP contribution in [0.15, 0.2) is 24.3 Å². The minimum absolute atomic E-state index is 0.109. The Balaban J connectivity index is 1.85. The first-order valence-electron chi connectivity index (χ1n) is 6.86. The number of ether oxygens (including phenoxy) is 1. The smallest absolute Gasteiger partial charge is 0.311 e. The quantitative estimate of drug-likeness (QED) is 0.841. The predicted molar refractivity (Wildman–Crippen MR) is 73.4 cm³/mol. The Hall–Kier alpha value is -2.11. The van der Waals surface area contributed by atoms with Crippen molar-refractivity contribution in [2.24, 2.45) is 5.41 Å². The molecule has 1 amide bonds. The molecular weight excluding hydrogens is 277 g/mol. The second-order valence-electron chi connectivity index (χ2n) is 5.37. The Morgan fingerprint density at radius 1 is 1.38 bits per heavy atom. The van der Waals surface area contributed by atoms with Crippen LogP contribution in [-0.4, -0.2) is 29.6 Å². The van der Waals surface area contributed by atoms with Crippen LogP contribution in [0, 0.1) is 11.2 Å². The van der Waals surface area contributed by atoms with Gasteiger partial charge < -0.3 is 15.2 Å². The number of carboxylic acid groups (broad SMARTS) is 1. The highest BCUT2D eigenvalue weighted by molar-refractivity contribution is 5.82. The lowest BCUT2D eigenvalue weighted by molar-refractivity contribution is -0.154. The Kier molecular flexibility index (Phi) is 4.45. The van der Waals surface area contributed by atoms with Gasteiger partial charge in [-0.1, -0.05) is 6.42 Å². The van der Waals surface area contributed by atoms with Crippen molar-refractivity contribution in [2.75, 3.05) is 6.54 Å². The zero-order valence-corrected chi connectivity index (χ0v) is 11.8. The molecule has 1 atom stereocenters. The summed E-state index contributed by atoms with van der Waals surface area (Å²) in [5.41, 5.74) is -0.828. The zero-order chi connectivity index (χ0) is 15.5. The van der Waals surface area contributed by atoms with E-state index in [-0.39, 0.29) is 18.3 Å². The number of carbonyl (C=O) groups excluding carboxylic acids is 1. The van der Waals surface area contributed by atoms with Gasteiger partial charge in [-0.2, -0.15) is 0 Å². The summed E-state index contributed by atoms with van der Waals surface area (Å²) in [7, 11) is 0. The van der Waals surface area contributed by atoms with Crippen LogP contribution in [0.25, 0.3) is 0 Å². The Labute approximate surface area is 122 Å². The molecule has 1 aliphatic carbocycles. The van der Waals surface area contributed by atoms with Gasteiger partial charge in [-0.3, -0.25) is 9.59 Å². The number of hydrogen-bond donors (Lipinski definition) is 2. The lowest BCUT2D eigenvalue weighted by atomic mass is 9.69. The predicted octanol–water partition coefficient (Wildman–Crippen LogP) is 1.96. The summed E-state index contributed by atoms with van der Waals surface area (Å²) in [4.78, 5) is 23.1. The van der Waals surface area contributed by atoms with E-state index in [4.69, 9.17) is 4.74 Å². The van der Waals surface area contributed by atoms with Gasteiger partial charge in [0.25, 0.3) is 5.91 Å². The Bertz CT molecular complexity index is 525. The lowest BCUT2D eigenvalue weighted by Crippen LogP contribution is -2.49. The van der Waals surface area contributed by atoms with E-state index in [9.17, 15) is 19.1 Å².